The van der Waals surface area contributed by atoms with E-state index in [-0.39, 0.29) is 28.9 Å². The van der Waals surface area contributed by atoms with Gasteiger partial charge in [0.25, 0.3) is 11.8 Å². The van der Waals surface area contributed by atoms with Crippen molar-refractivity contribution in [3.8, 4) is 0 Å². The van der Waals surface area contributed by atoms with Gasteiger partial charge in [0.15, 0.2) is 5.82 Å². The van der Waals surface area contributed by atoms with Gasteiger partial charge in [0.1, 0.15) is 11.3 Å². The Kier molecular flexibility index (Phi) is 6.22. The number of hydrogen-bond donors (Lipinski definition) is 2. The molecule has 1 atom stereocenters. The zero-order chi connectivity index (χ0) is 26.3. The van der Waals surface area contributed by atoms with Crippen molar-refractivity contribution in [1.29, 1.82) is 0 Å². The van der Waals surface area contributed by atoms with Gasteiger partial charge < -0.3 is 10.2 Å². The molecule has 1 fully saturated rings. The summed E-state index contributed by atoms with van der Waals surface area (Å²) in [6.07, 6.45) is 1.29. The van der Waals surface area contributed by atoms with Gasteiger partial charge in [-0.1, -0.05) is 6.07 Å². The third-order valence-electron chi connectivity index (χ3n) is 6.73. The maximum absolute atomic E-state index is 13.5. The molecule has 37 heavy (non-hydrogen) atoms. The molecule has 1 unspecified atom stereocenters. The molecule has 1 aliphatic heterocycles. The fraction of sp³-hybridized carbons (Fsp3) is 0.308. The highest BCUT2D eigenvalue weighted by Gasteiger charge is 2.34. The number of likely N-dealkylation sites (tertiary alicyclic amines) is 1. The zero-order valence-corrected chi connectivity index (χ0v) is 20.3. The largest absolute Gasteiger partial charge is 0.416 e. The van der Waals surface area contributed by atoms with Crippen LogP contribution in [0.15, 0.2) is 48.8 Å². The summed E-state index contributed by atoms with van der Waals surface area (Å²) in [5, 5.41) is 9.61. The molecular formula is C26H25F3N6O2. The minimum absolute atomic E-state index is 0.0864. The number of hydrogen-bond acceptors (Lipinski definition) is 4. The molecule has 1 saturated heterocycles. The van der Waals surface area contributed by atoms with Gasteiger partial charge in [0.2, 0.25) is 0 Å². The molecule has 4 heterocycles. The zero-order valence-electron chi connectivity index (χ0n) is 20.3. The molecule has 5 rings (SSSR count). The van der Waals surface area contributed by atoms with Crippen LogP contribution in [0.4, 0.5) is 19.0 Å². The fourth-order valence-electron chi connectivity index (χ4n) is 4.83. The van der Waals surface area contributed by atoms with Crippen LogP contribution < -0.4 is 5.32 Å². The Bertz CT molecular complexity index is 1490. The van der Waals surface area contributed by atoms with Crippen LogP contribution in [0.1, 0.15) is 68.5 Å². The Morgan fingerprint density at radius 2 is 1.95 bits per heavy atom. The third-order valence-corrected chi connectivity index (χ3v) is 6.73. The number of rotatable bonds is 4. The summed E-state index contributed by atoms with van der Waals surface area (Å²) in [5.41, 5.74) is 1.71. The van der Waals surface area contributed by atoms with E-state index in [2.05, 4.69) is 20.5 Å². The fourth-order valence-corrected chi connectivity index (χ4v) is 4.83. The summed E-state index contributed by atoms with van der Waals surface area (Å²) in [6.45, 7) is 3.77. The number of halogens is 3. The van der Waals surface area contributed by atoms with Gasteiger partial charge >= 0.3 is 6.18 Å². The standard InChI is InChI=1S/C26H25F3N6O2/c1-15-9-11-34-21(14-30-23(34)12-15)25(37)35-10-4-3-8-20(35)19-13-22(33-32-19)31-24(36)17-6-5-7-18(16(17)2)26(27,28)29/h5-7,9,11-14,20H,3-4,8,10H2,1-2H3,(H2,31,32,33,36). The van der Waals surface area contributed by atoms with Gasteiger partial charge in [-0.3, -0.25) is 19.1 Å². The second kappa shape index (κ2) is 9.38. The normalized spacial score (nSPS) is 16.2. The van der Waals surface area contributed by atoms with E-state index in [4.69, 9.17) is 0 Å². The van der Waals surface area contributed by atoms with Crippen molar-refractivity contribution in [3.05, 3.63) is 82.4 Å². The molecule has 8 nitrogen and oxygen atoms in total. The van der Waals surface area contributed by atoms with Crippen molar-refractivity contribution < 1.29 is 22.8 Å². The van der Waals surface area contributed by atoms with E-state index < -0.39 is 17.6 Å². The molecule has 1 aromatic carbocycles. The number of benzene rings is 1. The smallest absolute Gasteiger partial charge is 0.329 e. The van der Waals surface area contributed by atoms with E-state index in [0.29, 0.717) is 30.0 Å². The number of aromatic amines is 1. The number of piperidine rings is 1. The van der Waals surface area contributed by atoms with Crippen molar-refractivity contribution in [2.45, 2.75) is 45.3 Å². The lowest BCUT2D eigenvalue weighted by Gasteiger charge is -2.34. The quantitative estimate of drug-likeness (QED) is 0.389. The monoisotopic (exact) mass is 510 g/mol. The number of fused-ring (bicyclic) bond motifs is 1. The first-order valence-corrected chi connectivity index (χ1v) is 11.9. The summed E-state index contributed by atoms with van der Waals surface area (Å²) < 4.78 is 41.5. The number of alkyl halides is 3. The molecule has 2 N–H and O–H groups in total. The Morgan fingerprint density at radius 3 is 2.73 bits per heavy atom. The summed E-state index contributed by atoms with van der Waals surface area (Å²) >= 11 is 0. The van der Waals surface area contributed by atoms with Crippen LogP contribution in [-0.2, 0) is 6.18 Å². The molecule has 4 aromatic rings. The van der Waals surface area contributed by atoms with Crippen LogP contribution >= 0.6 is 0 Å². The van der Waals surface area contributed by atoms with E-state index >= 15 is 0 Å². The number of nitrogens with one attached hydrogen (secondary N) is 2. The highest BCUT2D eigenvalue weighted by atomic mass is 19.4. The molecule has 0 spiro atoms. The van der Waals surface area contributed by atoms with Crippen molar-refractivity contribution in [3.63, 3.8) is 0 Å². The number of pyridine rings is 1. The van der Waals surface area contributed by atoms with Crippen LogP contribution in [0.25, 0.3) is 5.65 Å². The number of aryl methyl sites for hydroxylation is 1. The first-order chi connectivity index (χ1) is 17.6. The number of H-pyrrole nitrogens is 1. The SMILES string of the molecule is Cc1ccn2c(C(=O)N3CCCCC3c3cc(NC(=O)c4cccc(C(F)(F)F)c4C)n[nH]3)cnc2c1. The Hall–Kier alpha value is -4.15. The topological polar surface area (TPSA) is 95.4 Å². The molecule has 0 aliphatic carbocycles. The molecule has 11 heteroatoms. The number of imidazole rings is 1. The number of amides is 2. The second-order valence-electron chi connectivity index (χ2n) is 9.22. The number of carbonyl (C=O) groups excluding carboxylic acids is 2. The molecule has 0 radical (unpaired) electrons. The molecule has 3 aromatic heterocycles. The number of aromatic nitrogens is 4. The Labute approximate surface area is 210 Å². The molecule has 2 amide bonds. The highest BCUT2D eigenvalue weighted by molar-refractivity contribution is 6.05. The van der Waals surface area contributed by atoms with Gasteiger partial charge in [-0.25, -0.2) is 4.98 Å². The van der Waals surface area contributed by atoms with Crippen LogP contribution in [0.3, 0.4) is 0 Å². The van der Waals surface area contributed by atoms with Crippen molar-refractivity contribution in [1.82, 2.24) is 24.5 Å². The van der Waals surface area contributed by atoms with Crippen molar-refractivity contribution >= 4 is 23.3 Å². The highest BCUT2D eigenvalue weighted by Crippen LogP contribution is 2.34. The van der Waals surface area contributed by atoms with Crippen LogP contribution in [0.5, 0.6) is 0 Å². The molecule has 0 saturated carbocycles. The maximum Gasteiger partial charge on any atom is 0.416 e. The van der Waals surface area contributed by atoms with Gasteiger partial charge in [0, 0.05) is 24.4 Å². The summed E-state index contributed by atoms with van der Waals surface area (Å²) in [7, 11) is 0. The van der Waals surface area contributed by atoms with Crippen LogP contribution in [0, 0.1) is 13.8 Å². The molecule has 1 aliphatic rings. The van der Waals surface area contributed by atoms with E-state index in [0.717, 1.165) is 24.5 Å². The summed E-state index contributed by atoms with van der Waals surface area (Å²) in [6, 6.07) is 8.62. The van der Waals surface area contributed by atoms with Gasteiger partial charge in [-0.2, -0.15) is 18.3 Å². The minimum Gasteiger partial charge on any atom is -0.329 e. The van der Waals surface area contributed by atoms with E-state index in [9.17, 15) is 22.8 Å². The van der Waals surface area contributed by atoms with E-state index in [1.54, 1.807) is 21.6 Å². The van der Waals surface area contributed by atoms with Gasteiger partial charge in [-0.05, 0) is 68.5 Å². The average Bonchev–Trinajstić information content (AvgIpc) is 3.49. The Morgan fingerprint density at radius 1 is 1.14 bits per heavy atom. The van der Waals surface area contributed by atoms with Crippen LogP contribution in [0.2, 0.25) is 0 Å². The molecule has 192 valence electrons. The molecular weight excluding hydrogens is 485 g/mol. The number of anilines is 1. The minimum atomic E-state index is -4.56. The Balaban J connectivity index is 1.37. The average molecular weight is 511 g/mol. The summed E-state index contributed by atoms with van der Waals surface area (Å²) in [4.78, 5) is 32.4. The lowest BCUT2D eigenvalue weighted by atomic mass is 9.99. The van der Waals surface area contributed by atoms with E-state index in [1.165, 1.54) is 19.1 Å². The van der Waals surface area contributed by atoms with Gasteiger partial charge in [-0.15, -0.1) is 0 Å². The maximum atomic E-state index is 13.5. The second-order valence-corrected chi connectivity index (χ2v) is 9.22. The predicted molar refractivity (Wildman–Crippen MR) is 130 cm³/mol. The first kappa shape index (κ1) is 24.5. The lowest BCUT2D eigenvalue weighted by Crippen LogP contribution is -2.39. The number of carbonyl (C=O) groups is 2. The van der Waals surface area contributed by atoms with Crippen LogP contribution in [-0.4, -0.2) is 42.8 Å². The molecule has 0 bridgehead atoms. The van der Waals surface area contributed by atoms with Crippen molar-refractivity contribution in [2.24, 2.45) is 0 Å². The van der Waals surface area contributed by atoms with E-state index in [1.807, 2.05) is 25.3 Å². The van der Waals surface area contributed by atoms with Crippen molar-refractivity contribution in [2.75, 3.05) is 11.9 Å². The third kappa shape index (κ3) is 4.68. The first-order valence-electron chi connectivity index (χ1n) is 11.9. The lowest BCUT2D eigenvalue weighted by molar-refractivity contribution is -0.138. The summed E-state index contributed by atoms with van der Waals surface area (Å²) in [5.74, 6) is -0.694. The number of nitrogens with zero attached hydrogens (tertiary/aromatic N) is 4. The van der Waals surface area contributed by atoms with Gasteiger partial charge in [0.05, 0.1) is 23.5 Å². The predicted octanol–water partition coefficient (Wildman–Crippen LogP) is 5.31.